The minimum Gasteiger partial charge on any atom is -0.480 e. The number of para-hydroxylation sites is 1. The van der Waals surface area contributed by atoms with E-state index in [0.717, 1.165) is 10.9 Å². The third-order valence-corrected chi connectivity index (χ3v) is 5.61. The third kappa shape index (κ3) is 6.67. The highest BCUT2D eigenvalue weighted by Crippen LogP contribution is 2.19. The number of H-pyrrole nitrogens is 2. The lowest BCUT2D eigenvalue weighted by Crippen LogP contribution is -2.57. The Morgan fingerprint density at radius 2 is 1.72 bits per heavy atom. The molecule has 0 saturated carbocycles. The third-order valence-electron chi connectivity index (χ3n) is 5.61. The average Bonchev–Trinajstić information content (AvgIpc) is 3.52. The van der Waals surface area contributed by atoms with Crippen LogP contribution < -0.4 is 21.7 Å². The molecule has 3 aromatic rings. The van der Waals surface area contributed by atoms with Crippen LogP contribution in [0.3, 0.4) is 0 Å². The minimum atomic E-state index is -1.27. The Kier molecular flexibility index (Phi) is 8.76. The van der Waals surface area contributed by atoms with Crippen molar-refractivity contribution in [2.75, 3.05) is 6.61 Å². The van der Waals surface area contributed by atoms with E-state index in [2.05, 4.69) is 30.9 Å². The molecule has 0 aliphatic heterocycles. The number of hydrogen-bond acceptors (Lipinski definition) is 7. The number of imidazole rings is 1. The van der Waals surface area contributed by atoms with E-state index in [1.54, 1.807) is 6.20 Å². The number of aliphatic hydroxyl groups is 1. The van der Waals surface area contributed by atoms with Crippen LogP contribution in [0, 0.1) is 0 Å². The molecule has 0 aliphatic rings. The van der Waals surface area contributed by atoms with Gasteiger partial charge >= 0.3 is 5.97 Å². The van der Waals surface area contributed by atoms with Gasteiger partial charge in [-0.05, 0) is 18.6 Å². The highest BCUT2D eigenvalue weighted by molar-refractivity contribution is 5.94. The number of carboxylic acid groups (broad SMARTS) is 1. The van der Waals surface area contributed by atoms with Gasteiger partial charge in [0.2, 0.25) is 17.7 Å². The zero-order valence-electron chi connectivity index (χ0n) is 19.5. The Hall–Kier alpha value is -4.23. The molecule has 192 valence electrons. The van der Waals surface area contributed by atoms with Crippen LogP contribution in [0.25, 0.3) is 10.9 Å². The zero-order chi connectivity index (χ0) is 26.2. The van der Waals surface area contributed by atoms with Crippen molar-refractivity contribution in [2.24, 2.45) is 5.73 Å². The molecule has 13 nitrogen and oxygen atoms in total. The normalized spacial score (nSPS) is 14.4. The van der Waals surface area contributed by atoms with E-state index >= 15 is 0 Å². The number of amides is 3. The summed E-state index contributed by atoms with van der Waals surface area (Å²) in [5.74, 6) is -3.40. The van der Waals surface area contributed by atoms with E-state index < -0.39 is 54.5 Å². The number of carbonyl (C=O) groups excluding carboxylic acids is 3. The van der Waals surface area contributed by atoms with Crippen molar-refractivity contribution in [1.29, 1.82) is 0 Å². The fourth-order valence-electron chi connectivity index (χ4n) is 3.58. The zero-order valence-corrected chi connectivity index (χ0v) is 19.5. The van der Waals surface area contributed by atoms with E-state index in [0.29, 0.717) is 11.3 Å². The first-order valence-corrected chi connectivity index (χ1v) is 11.2. The number of aliphatic carboxylic acids is 1. The van der Waals surface area contributed by atoms with Gasteiger partial charge in [0, 0.05) is 41.8 Å². The molecule has 0 spiro atoms. The minimum absolute atomic E-state index is 0.00613. The molecular formula is C23H29N7O6. The maximum atomic E-state index is 13.1. The van der Waals surface area contributed by atoms with Crippen LogP contribution in [-0.4, -0.2) is 79.6 Å². The first-order chi connectivity index (χ1) is 17.2. The summed E-state index contributed by atoms with van der Waals surface area (Å²) in [6, 6.07) is 2.67. The number of carboxylic acids is 1. The van der Waals surface area contributed by atoms with Gasteiger partial charge in [0.15, 0.2) is 0 Å². The standard InChI is InChI=1S/C23H29N7O6/c1-12(28-21(33)16(24)10-31)20(32)29-18(7-14-9-25-11-27-14)22(34)30-19(23(35)36)6-13-8-26-17-5-3-2-4-15(13)17/h2-5,8-9,11-12,16,18-19,26,31H,6-7,10,24H2,1H3,(H,25,27)(H,28,33)(H,29,32)(H,30,34)(H,35,36). The number of fused-ring (bicyclic) bond motifs is 1. The van der Waals surface area contributed by atoms with Crippen LogP contribution in [0.1, 0.15) is 18.2 Å². The molecule has 0 fully saturated rings. The maximum absolute atomic E-state index is 13.1. The van der Waals surface area contributed by atoms with Crippen molar-refractivity contribution < 1.29 is 29.4 Å². The predicted octanol–water partition coefficient (Wildman–Crippen LogP) is -1.45. The SMILES string of the molecule is CC(NC(=O)C(N)CO)C(=O)NC(Cc1cnc[nH]1)C(=O)NC(Cc1c[nH]c2ccccc12)C(=O)O. The first-order valence-electron chi connectivity index (χ1n) is 11.2. The number of hydrogen-bond donors (Lipinski definition) is 8. The number of rotatable bonds is 12. The Morgan fingerprint density at radius 1 is 1.00 bits per heavy atom. The van der Waals surface area contributed by atoms with Gasteiger partial charge in [-0.2, -0.15) is 0 Å². The topological polar surface area (TPSA) is 215 Å². The van der Waals surface area contributed by atoms with Crippen molar-refractivity contribution in [2.45, 2.75) is 43.9 Å². The molecule has 3 amide bonds. The number of benzene rings is 1. The second-order valence-corrected chi connectivity index (χ2v) is 8.32. The van der Waals surface area contributed by atoms with Crippen LogP contribution in [-0.2, 0) is 32.0 Å². The molecule has 1 aromatic carbocycles. The molecule has 0 radical (unpaired) electrons. The molecule has 3 rings (SSSR count). The van der Waals surface area contributed by atoms with E-state index in [1.165, 1.54) is 19.4 Å². The highest BCUT2D eigenvalue weighted by atomic mass is 16.4. The fraction of sp³-hybridized carbons (Fsp3) is 0.348. The molecule has 13 heteroatoms. The van der Waals surface area contributed by atoms with Crippen LogP contribution in [0.2, 0.25) is 0 Å². The lowest BCUT2D eigenvalue weighted by molar-refractivity contribution is -0.142. The van der Waals surface area contributed by atoms with E-state index in [1.807, 2.05) is 24.3 Å². The summed E-state index contributed by atoms with van der Waals surface area (Å²) in [5, 5.41) is 27.0. The lowest BCUT2D eigenvalue weighted by atomic mass is 10.0. The molecule has 2 aromatic heterocycles. The summed E-state index contributed by atoms with van der Waals surface area (Å²) in [7, 11) is 0. The Labute approximate surface area is 205 Å². The van der Waals surface area contributed by atoms with Crippen LogP contribution in [0.4, 0.5) is 0 Å². The van der Waals surface area contributed by atoms with Crippen molar-refractivity contribution in [1.82, 2.24) is 30.9 Å². The van der Waals surface area contributed by atoms with Gasteiger partial charge < -0.3 is 41.9 Å². The summed E-state index contributed by atoms with van der Waals surface area (Å²) in [4.78, 5) is 59.5. The Bertz CT molecular complexity index is 1210. The van der Waals surface area contributed by atoms with Crippen LogP contribution >= 0.6 is 0 Å². The van der Waals surface area contributed by atoms with Crippen molar-refractivity contribution in [3.63, 3.8) is 0 Å². The Morgan fingerprint density at radius 3 is 2.39 bits per heavy atom. The molecule has 0 aliphatic carbocycles. The van der Waals surface area contributed by atoms with E-state index in [-0.39, 0.29) is 12.8 Å². The van der Waals surface area contributed by atoms with Crippen molar-refractivity contribution >= 4 is 34.6 Å². The van der Waals surface area contributed by atoms with Crippen LogP contribution in [0.15, 0.2) is 43.0 Å². The quantitative estimate of drug-likeness (QED) is 0.147. The number of aromatic amines is 2. The molecular weight excluding hydrogens is 470 g/mol. The summed E-state index contributed by atoms with van der Waals surface area (Å²) in [6.07, 6.45) is 4.58. The summed E-state index contributed by atoms with van der Waals surface area (Å²) in [6.45, 7) is 0.789. The number of carbonyl (C=O) groups is 4. The van der Waals surface area contributed by atoms with Gasteiger partial charge in [0.1, 0.15) is 24.2 Å². The number of aromatic nitrogens is 3. The van der Waals surface area contributed by atoms with Gasteiger partial charge in [0.25, 0.3) is 0 Å². The molecule has 4 atom stereocenters. The Balaban J connectivity index is 1.73. The first kappa shape index (κ1) is 26.4. The molecule has 9 N–H and O–H groups in total. The van der Waals surface area contributed by atoms with Crippen molar-refractivity contribution in [3.8, 4) is 0 Å². The maximum Gasteiger partial charge on any atom is 0.326 e. The summed E-state index contributed by atoms with van der Waals surface area (Å²) >= 11 is 0. The largest absolute Gasteiger partial charge is 0.480 e. The molecule has 0 bridgehead atoms. The summed E-state index contributed by atoms with van der Waals surface area (Å²) in [5.41, 5.74) is 7.53. The van der Waals surface area contributed by atoms with Gasteiger partial charge in [-0.1, -0.05) is 18.2 Å². The molecule has 4 unspecified atom stereocenters. The van der Waals surface area contributed by atoms with Crippen LogP contribution in [0.5, 0.6) is 0 Å². The number of aliphatic hydroxyl groups excluding tert-OH is 1. The monoisotopic (exact) mass is 499 g/mol. The number of nitrogens with two attached hydrogens (primary N) is 1. The predicted molar refractivity (Wildman–Crippen MR) is 128 cm³/mol. The number of nitrogens with zero attached hydrogens (tertiary/aromatic N) is 1. The summed E-state index contributed by atoms with van der Waals surface area (Å²) < 4.78 is 0. The molecule has 36 heavy (non-hydrogen) atoms. The number of nitrogens with one attached hydrogen (secondary N) is 5. The van der Waals surface area contributed by atoms with Gasteiger partial charge in [-0.25, -0.2) is 9.78 Å². The average molecular weight is 500 g/mol. The fourth-order valence-corrected chi connectivity index (χ4v) is 3.58. The second kappa shape index (κ2) is 12.0. The highest BCUT2D eigenvalue weighted by Gasteiger charge is 2.29. The van der Waals surface area contributed by atoms with Crippen molar-refractivity contribution in [3.05, 3.63) is 54.2 Å². The smallest absolute Gasteiger partial charge is 0.326 e. The molecule has 2 heterocycles. The van der Waals surface area contributed by atoms with E-state index in [4.69, 9.17) is 10.8 Å². The van der Waals surface area contributed by atoms with Gasteiger partial charge in [0.05, 0.1) is 12.9 Å². The van der Waals surface area contributed by atoms with Gasteiger partial charge in [-0.3, -0.25) is 14.4 Å². The lowest BCUT2D eigenvalue weighted by Gasteiger charge is -2.23. The van der Waals surface area contributed by atoms with Gasteiger partial charge in [-0.15, -0.1) is 0 Å². The second-order valence-electron chi connectivity index (χ2n) is 8.32. The van der Waals surface area contributed by atoms with E-state index in [9.17, 15) is 24.3 Å². The molecule has 0 saturated heterocycles.